The number of rotatable bonds is 7. The van der Waals surface area contributed by atoms with E-state index < -0.39 is 0 Å². The zero-order valence-electron chi connectivity index (χ0n) is 9.80. The Kier molecular flexibility index (Phi) is 7.48. The molecule has 0 aromatic carbocycles. The Labute approximate surface area is 87.2 Å². The summed E-state index contributed by atoms with van der Waals surface area (Å²) in [5.41, 5.74) is 0. The third kappa shape index (κ3) is 5.97. The van der Waals surface area contributed by atoms with Crippen LogP contribution < -0.4 is 5.32 Å². The molecule has 0 aliphatic rings. The number of carbonyl (C=O) groups is 1. The van der Waals surface area contributed by atoms with Gasteiger partial charge >= 0.3 is 5.97 Å². The summed E-state index contributed by atoms with van der Waals surface area (Å²) in [6, 6.07) is 0.191. The second kappa shape index (κ2) is 7.80. The smallest absolute Gasteiger partial charge is 0.323 e. The van der Waals surface area contributed by atoms with Crippen LogP contribution >= 0.6 is 0 Å². The van der Waals surface area contributed by atoms with Crippen LogP contribution in [0.5, 0.6) is 0 Å². The van der Waals surface area contributed by atoms with Gasteiger partial charge < -0.3 is 10.1 Å². The average molecular weight is 201 g/mol. The monoisotopic (exact) mass is 201 g/mol. The first-order chi connectivity index (χ1) is 6.61. The molecule has 1 atom stereocenters. The normalized spacial score (nSPS) is 12.9. The van der Waals surface area contributed by atoms with Gasteiger partial charge in [0.15, 0.2) is 0 Å². The Bertz CT molecular complexity index is 157. The van der Waals surface area contributed by atoms with Gasteiger partial charge in [0, 0.05) is 6.04 Å². The Hall–Kier alpha value is -0.570. The fraction of sp³-hybridized carbons (Fsp3) is 0.909. The maximum Gasteiger partial charge on any atom is 0.323 e. The van der Waals surface area contributed by atoms with Crippen LogP contribution in [0.25, 0.3) is 0 Å². The molecule has 0 aliphatic heterocycles. The number of unbranched alkanes of at least 4 members (excludes halogenated alkanes) is 1. The maximum atomic E-state index is 11.5. The molecule has 0 heterocycles. The third-order valence-corrected chi connectivity index (χ3v) is 1.95. The number of nitrogens with one attached hydrogen (secondary N) is 1. The lowest BCUT2D eigenvalue weighted by atomic mass is 10.1. The fourth-order valence-electron chi connectivity index (χ4n) is 1.32. The van der Waals surface area contributed by atoms with Crippen molar-refractivity contribution in [2.75, 3.05) is 6.61 Å². The Morgan fingerprint density at radius 3 is 2.43 bits per heavy atom. The van der Waals surface area contributed by atoms with E-state index in [2.05, 4.69) is 12.2 Å². The van der Waals surface area contributed by atoms with Gasteiger partial charge in [-0.2, -0.15) is 0 Å². The van der Waals surface area contributed by atoms with Crippen LogP contribution in [-0.2, 0) is 9.53 Å². The van der Waals surface area contributed by atoms with E-state index in [1.807, 2.05) is 20.8 Å². The van der Waals surface area contributed by atoms with Gasteiger partial charge in [-0.05, 0) is 13.3 Å². The summed E-state index contributed by atoms with van der Waals surface area (Å²) in [6.07, 6.45) is 3.03. The number of ether oxygens (including phenoxy) is 1. The van der Waals surface area contributed by atoms with Crippen LogP contribution in [0.2, 0.25) is 0 Å². The first-order valence-electron chi connectivity index (χ1n) is 5.54. The molecule has 0 aromatic rings. The molecule has 1 unspecified atom stereocenters. The molecule has 84 valence electrons. The van der Waals surface area contributed by atoms with E-state index in [1.54, 1.807) is 0 Å². The zero-order valence-corrected chi connectivity index (χ0v) is 9.80. The van der Waals surface area contributed by atoms with Gasteiger partial charge in [0.1, 0.15) is 6.04 Å². The third-order valence-electron chi connectivity index (χ3n) is 1.95. The number of carbonyl (C=O) groups excluding carboxylic acids is 1. The van der Waals surface area contributed by atoms with Crippen LogP contribution in [0.4, 0.5) is 0 Å². The highest BCUT2D eigenvalue weighted by atomic mass is 16.5. The second-order valence-corrected chi connectivity index (χ2v) is 3.77. The minimum Gasteiger partial charge on any atom is -0.465 e. The van der Waals surface area contributed by atoms with Crippen LogP contribution in [0.15, 0.2) is 0 Å². The molecular weight excluding hydrogens is 178 g/mol. The van der Waals surface area contributed by atoms with Gasteiger partial charge in [-0.3, -0.25) is 4.79 Å². The van der Waals surface area contributed by atoms with Crippen molar-refractivity contribution in [2.24, 2.45) is 0 Å². The summed E-state index contributed by atoms with van der Waals surface area (Å²) in [5.74, 6) is -0.116. The lowest BCUT2D eigenvalue weighted by Gasteiger charge is -2.19. The Morgan fingerprint density at radius 1 is 1.36 bits per heavy atom. The number of esters is 1. The standard InChI is InChI=1S/C11H23NO2/c1-5-7-8-10(12-9(3)4)11(13)14-6-2/h9-10,12H,5-8H2,1-4H3. The Morgan fingerprint density at radius 2 is 2.00 bits per heavy atom. The van der Waals surface area contributed by atoms with Crippen LogP contribution in [-0.4, -0.2) is 24.7 Å². The van der Waals surface area contributed by atoms with Gasteiger partial charge in [0.2, 0.25) is 0 Å². The van der Waals surface area contributed by atoms with E-state index in [-0.39, 0.29) is 12.0 Å². The minimum atomic E-state index is -0.130. The van der Waals surface area contributed by atoms with Crippen molar-refractivity contribution < 1.29 is 9.53 Å². The quantitative estimate of drug-likeness (QED) is 0.641. The molecular formula is C11H23NO2. The minimum absolute atomic E-state index is 0.116. The van der Waals surface area contributed by atoms with E-state index in [4.69, 9.17) is 4.74 Å². The summed E-state index contributed by atoms with van der Waals surface area (Å²) in [5, 5.41) is 3.22. The molecule has 0 aliphatic carbocycles. The first kappa shape index (κ1) is 13.4. The van der Waals surface area contributed by atoms with Crippen LogP contribution in [0, 0.1) is 0 Å². The molecule has 0 amide bonds. The van der Waals surface area contributed by atoms with Crippen molar-refractivity contribution in [3.63, 3.8) is 0 Å². The summed E-state index contributed by atoms with van der Waals surface area (Å²) < 4.78 is 5.00. The maximum absolute atomic E-state index is 11.5. The van der Waals surface area contributed by atoms with Crippen molar-refractivity contribution in [1.29, 1.82) is 0 Å². The SMILES string of the molecule is CCCCC(NC(C)C)C(=O)OCC. The van der Waals surface area contributed by atoms with Crippen molar-refractivity contribution in [2.45, 2.75) is 59.0 Å². The van der Waals surface area contributed by atoms with Gasteiger partial charge in [0.25, 0.3) is 0 Å². The van der Waals surface area contributed by atoms with Crippen molar-refractivity contribution in [3.05, 3.63) is 0 Å². The zero-order chi connectivity index (χ0) is 11.0. The number of hydrogen-bond acceptors (Lipinski definition) is 3. The predicted molar refractivity (Wildman–Crippen MR) is 58.2 cm³/mol. The van der Waals surface area contributed by atoms with E-state index in [0.29, 0.717) is 12.6 Å². The molecule has 0 saturated carbocycles. The van der Waals surface area contributed by atoms with Gasteiger partial charge in [-0.15, -0.1) is 0 Å². The molecule has 3 nitrogen and oxygen atoms in total. The van der Waals surface area contributed by atoms with E-state index >= 15 is 0 Å². The summed E-state index contributed by atoms with van der Waals surface area (Å²) >= 11 is 0. The molecule has 1 N–H and O–H groups in total. The molecule has 0 bridgehead atoms. The summed E-state index contributed by atoms with van der Waals surface area (Å²) in [6.45, 7) is 8.50. The molecule has 14 heavy (non-hydrogen) atoms. The fourth-order valence-corrected chi connectivity index (χ4v) is 1.32. The van der Waals surface area contributed by atoms with Crippen molar-refractivity contribution in [1.82, 2.24) is 5.32 Å². The van der Waals surface area contributed by atoms with Gasteiger partial charge in [-0.1, -0.05) is 33.6 Å². The Balaban J connectivity index is 4.01. The molecule has 0 fully saturated rings. The summed E-state index contributed by atoms with van der Waals surface area (Å²) in [7, 11) is 0. The van der Waals surface area contributed by atoms with Crippen LogP contribution in [0.3, 0.4) is 0 Å². The first-order valence-corrected chi connectivity index (χ1v) is 5.54. The average Bonchev–Trinajstić information content (AvgIpc) is 2.12. The highest BCUT2D eigenvalue weighted by Gasteiger charge is 2.19. The summed E-state index contributed by atoms with van der Waals surface area (Å²) in [4.78, 5) is 11.5. The number of hydrogen-bond donors (Lipinski definition) is 1. The molecule has 0 aromatic heterocycles. The van der Waals surface area contributed by atoms with Gasteiger partial charge in [-0.25, -0.2) is 0 Å². The highest BCUT2D eigenvalue weighted by Crippen LogP contribution is 2.03. The largest absolute Gasteiger partial charge is 0.465 e. The molecule has 3 heteroatoms. The van der Waals surface area contributed by atoms with Gasteiger partial charge in [0.05, 0.1) is 6.61 Å². The topological polar surface area (TPSA) is 38.3 Å². The van der Waals surface area contributed by atoms with E-state index in [0.717, 1.165) is 19.3 Å². The van der Waals surface area contributed by atoms with E-state index in [9.17, 15) is 4.79 Å². The molecule has 0 spiro atoms. The predicted octanol–water partition coefficient (Wildman–Crippen LogP) is 2.11. The molecule has 0 rings (SSSR count). The second-order valence-electron chi connectivity index (χ2n) is 3.77. The van der Waals surface area contributed by atoms with E-state index in [1.165, 1.54) is 0 Å². The lowest BCUT2D eigenvalue weighted by molar-refractivity contribution is -0.146. The van der Waals surface area contributed by atoms with Crippen molar-refractivity contribution >= 4 is 5.97 Å². The highest BCUT2D eigenvalue weighted by molar-refractivity contribution is 5.75. The van der Waals surface area contributed by atoms with Crippen molar-refractivity contribution in [3.8, 4) is 0 Å². The molecule has 0 radical (unpaired) electrons. The lowest BCUT2D eigenvalue weighted by Crippen LogP contribution is -2.41. The van der Waals surface area contributed by atoms with Crippen LogP contribution in [0.1, 0.15) is 47.0 Å². The molecule has 0 saturated heterocycles.